The molecule has 2 N–H and O–H groups in total. The molecule has 0 unspecified atom stereocenters. The van der Waals surface area contributed by atoms with Crippen molar-refractivity contribution < 1.29 is 8.42 Å². The van der Waals surface area contributed by atoms with Gasteiger partial charge in [-0.3, -0.25) is 4.72 Å². The van der Waals surface area contributed by atoms with E-state index in [1.54, 1.807) is 24.3 Å². The Morgan fingerprint density at radius 3 is 2.40 bits per heavy atom. The van der Waals surface area contributed by atoms with E-state index in [1.807, 2.05) is 32.0 Å². The van der Waals surface area contributed by atoms with Crippen molar-refractivity contribution in [1.82, 2.24) is 10.2 Å². The zero-order chi connectivity index (χ0) is 17.9. The van der Waals surface area contributed by atoms with Crippen LogP contribution in [-0.2, 0) is 16.6 Å². The molecule has 8 heteroatoms. The average molecular weight is 374 g/mol. The highest BCUT2D eigenvalue weighted by Gasteiger charge is 2.17. The van der Waals surface area contributed by atoms with Crippen LogP contribution >= 0.6 is 11.3 Å². The zero-order valence-corrected chi connectivity index (χ0v) is 15.5. The van der Waals surface area contributed by atoms with Crippen LogP contribution in [0, 0.1) is 13.8 Å². The van der Waals surface area contributed by atoms with Gasteiger partial charge >= 0.3 is 0 Å². The Morgan fingerprint density at radius 1 is 1.00 bits per heavy atom. The Labute approximate surface area is 151 Å². The molecule has 0 atom stereocenters. The van der Waals surface area contributed by atoms with Gasteiger partial charge in [-0.1, -0.05) is 29.8 Å². The maximum atomic E-state index is 12.3. The number of nitrogens with zero attached hydrogens (tertiary/aromatic N) is 2. The summed E-state index contributed by atoms with van der Waals surface area (Å²) in [6.07, 6.45) is 0. The first kappa shape index (κ1) is 17.4. The molecule has 0 bridgehead atoms. The molecule has 0 saturated carbocycles. The van der Waals surface area contributed by atoms with Crippen LogP contribution in [0.5, 0.6) is 0 Å². The van der Waals surface area contributed by atoms with Gasteiger partial charge in [-0.15, -0.1) is 21.5 Å². The predicted molar refractivity (Wildman–Crippen MR) is 100 cm³/mol. The topological polar surface area (TPSA) is 84.0 Å². The van der Waals surface area contributed by atoms with Crippen molar-refractivity contribution >= 4 is 33.0 Å². The molecule has 3 aromatic rings. The molecule has 0 amide bonds. The van der Waals surface area contributed by atoms with Crippen LogP contribution in [0.2, 0.25) is 0 Å². The fourth-order valence-electron chi connectivity index (χ4n) is 2.24. The standard InChI is InChI=1S/C17H18N4O2S2/c1-12-4-3-5-14(10-12)11-18-15-7-8-16(20-19-15)21-25(22,23)17-9-6-13(2)24-17/h3-10H,11H2,1-2H3,(H,18,19)(H,20,21). The second-order valence-corrected chi connectivity index (χ2v) is 8.81. The lowest BCUT2D eigenvalue weighted by atomic mass is 10.1. The van der Waals surface area contributed by atoms with Crippen LogP contribution in [0.15, 0.2) is 52.7 Å². The molecule has 0 spiro atoms. The molecule has 0 aliphatic rings. The van der Waals surface area contributed by atoms with Crippen molar-refractivity contribution in [3.63, 3.8) is 0 Å². The average Bonchev–Trinajstić information content (AvgIpc) is 3.02. The van der Waals surface area contributed by atoms with E-state index in [4.69, 9.17) is 0 Å². The summed E-state index contributed by atoms with van der Waals surface area (Å²) in [5.74, 6) is 0.767. The molecule has 0 saturated heterocycles. The first-order chi connectivity index (χ1) is 11.9. The number of thiophene rings is 1. The van der Waals surface area contributed by atoms with E-state index in [0.717, 1.165) is 10.4 Å². The zero-order valence-electron chi connectivity index (χ0n) is 13.9. The maximum Gasteiger partial charge on any atom is 0.272 e. The monoisotopic (exact) mass is 374 g/mol. The minimum absolute atomic E-state index is 0.187. The minimum Gasteiger partial charge on any atom is -0.365 e. The van der Waals surface area contributed by atoms with Gasteiger partial charge in [0.1, 0.15) is 10.0 Å². The summed E-state index contributed by atoms with van der Waals surface area (Å²) in [7, 11) is -3.62. The molecule has 1 aromatic carbocycles. The number of rotatable bonds is 6. The predicted octanol–water partition coefficient (Wildman–Crippen LogP) is 3.57. The minimum atomic E-state index is -3.62. The SMILES string of the molecule is Cc1cccc(CNc2ccc(NS(=O)(=O)c3ccc(C)s3)nn2)c1. The third-order valence-electron chi connectivity index (χ3n) is 3.44. The number of aryl methyl sites for hydroxylation is 2. The van der Waals surface area contributed by atoms with E-state index in [1.165, 1.54) is 16.9 Å². The molecule has 25 heavy (non-hydrogen) atoms. The van der Waals surface area contributed by atoms with Gasteiger partial charge in [-0.05, 0) is 43.7 Å². The van der Waals surface area contributed by atoms with Crippen molar-refractivity contribution in [3.05, 3.63) is 64.5 Å². The smallest absolute Gasteiger partial charge is 0.272 e. The Bertz CT molecular complexity index is 966. The maximum absolute atomic E-state index is 12.3. The highest BCUT2D eigenvalue weighted by atomic mass is 32.2. The van der Waals surface area contributed by atoms with E-state index in [9.17, 15) is 8.42 Å². The summed E-state index contributed by atoms with van der Waals surface area (Å²) in [4.78, 5) is 0.933. The van der Waals surface area contributed by atoms with Gasteiger partial charge in [0.05, 0.1) is 0 Å². The molecule has 2 heterocycles. The molecule has 0 radical (unpaired) electrons. The van der Waals surface area contributed by atoms with Crippen molar-refractivity contribution in [2.45, 2.75) is 24.6 Å². The number of hydrogen-bond acceptors (Lipinski definition) is 6. The molecule has 6 nitrogen and oxygen atoms in total. The highest BCUT2D eigenvalue weighted by Crippen LogP contribution is 2.22. The number of aromatic nitrogens is 2. The summed E-state index contributed by atoms with van der Waals surface area (Å²) in [5.41, 5.74) is 2.33. The Morgan fingerprint density at radius 2 is 1.76 bits per heavy atom. The fourth-order valence-corrected chi connectivity index (χ4v) is 4.52. The summed E-state index contributed by atoms with van der Waals surface area (Å²) >= 11 is 1.21. The number of nitrogens with one attached hydrogen (secondary N) is 2. The van der Waals surface area contributed by atoms with Crippen molar-refractivity contribution in [3.8, 4) is 0 Å². The van der Waals surface area contributed by atoms with Gasteiger partial charge in [0.2, 0.25) is 0 Å². The Balaban J connectivity index is 1.64. The van der Waals surface area contributed by atoms with Gasteiger partial charge < -0.3 is 5.32 Å². The van der Waals surface area contributed by atoms with Crippen LogP contribution in [0.3, 0.4) is 0 Å². The van der Waals surface area contributed by atoms with Crippen LogP contribution in [0.4, 0.5) is 11.6 Å². The number of sulfonamides is 1. The molecule has 0 aliphatic carbocycles. The van der Waals surface area contributed by atoms with Crippen molar-refractivity contribution in [2.24, 2.45) is 0 Å². The van der Waals surface area contributed by atoms with Crippen LogP contribution < -0.4 is 10.0 Å². The van der Waals surface area contributed by atoms with Crippen LogP contribution in [0.25, 0.3) is 0 Å². The second kappa shape index (κ2) is 7.20. The lowest BCUT2D eigenvalue weighted by Crippen LogP contribution is -2.13. The van der Waals surface area contributed by atoms with E-state index >= 15 is 0 Å². The van der Waals surface area contributed by atoms with Crippen molar-refractivity contribution in [1.29, 1.82) is 0 Å². The van der Waals surface area contributed by atoms with Crippen LogP contribution in [0.1, 0.15) is 16.0 Å². The summed E-state index contributed by atoms with van der Waals surface area (Å²) in [6.45, 7) is 4.52. The lowest BCUT2D eigenvalue weighted by molar-refractivity contribution is 0.603. The third-order valence-corrected chi connectivity index (χ3v) is 6.29. The Kier molecular flexibility index (Phi) is 5.00. The normalized spacial score (nSPS) is 11.3. The summed E-state index contributed by atoms with van der Waals surface area (Å²) in [6, 6.07) is 14.8. The number of anilines is 2. The molecular formula is C17H18N4O2S2. The fraction of sp³-hybridized carbons (Fsp3) is 0.176. The van der Waals surface area contributed by atoms with Crippen molar-refractivity contribution in [2.75, 3.05) is 10.0 Å². The molecule has 3 rings (SSSR count). The van der Waals surface area contributed by atoms with Gasteiger partial charge in [0, 0.05) is 11.4 Å². The summed E-state index contributed by atoms with van der Waals surface area (Å²) < 4.78 is 27.2. The van der Waals surface area contributed by atoms with Gasteiger partial charge in [-0.2, -0.15) is 0 Å². The first-order valence-electron chi connectivity index (χ1n) is 7.65. The lowest BCUT2D eigenvalue weighted by Gasteiger charge is -2.08. The highest BCUT2D eigenvalue weighted by molar-refractivity contribution is 7.94. The molecule has 0 aliphatic heterocycles. The van der Waals surface area contributed by atoms with E-state index in [2.05, 4.69) is 26.3 Å². The van der Waals surface area contributed by atoms with E-state index < -0.39 is 10.0 Å². The molecule has 2 aromatic heterocycles. The summed E-state index contributed by atoms with van der Waals surface area (Å²) in [5, 5.41) is 11.1. The van der Waals surface area contributed by atoms with E-state index in [0.29, 0.717) is 12.4 Å². The Hall–Kier alpha value is -2.45. The third kappa shape index (κ3) is 4.55. The van der Waals surface area contributed by atoms with E-state index in [-0.39, 0.29) is 10.0 Å². The number of benzene rings is 1. The number of hydrogen-bond donors (Lipinski definition) is 2. The van der Waals surface area contributed by atoms with Gasteiger partial charge in [-0.25, -0.2) is 8.42 Å². The van der Waals surface area contributed by atoms with Gasteiger partial charge in [0.25, 0.3) is 10.0 Å². The molecule has 0 fully saturated rings. The first-order valence-corrected chi connectivity index (χ1v) is 9.95. The quantitative estimate of drug-likeness (QED) is 0.689. The molecular weight excluding hydrogens is 356 g/mol. The van der Waals surface area contributed by atoms with Gasteiger partial charge in [0.15, 0.2) is 5.82 Å². The largest absolute Gasteiger partial charge is 0.365 e. The second-order valence-electron chi connectivity index (χ2n) is 5.62. The van der Waals surface area contributed by atoms with Crippen LogP contribution in [-0.4, -0.2) is 18.6 Å². The molecule has 130 valence electrons.